The molecule has 9 aromatic rings. The summed E-state index contributed by atoms with van der Waals surface area (Å²) in [4.78, 5) is 0. The quantitative estimate of drug-likeness (QED) is 0.0241. The largest absolute Gasteiger partial charge is 0.508 e. The summed E-state index contributed by atoms with van der Waals surface area (Å²) in [6, 6.07) is 37.9. The molecule has 0 saturated heterocycles. The van der Waals surface area contributed by atoms with Gasteiger partial charge in [0, 0.05) is 56.0 Å². The van der Waals surface area contributed by atoms with E-state index in [9.17, 15) is 51.1 Å². The fourth-order valence-electron chi connectivity index (χ4n) is 10.5. The van der Waals surface area contributed by atoms with E-state index < -0.39 is 108 Å². The number of phenols is 7. The van der Waals surface area contributed by atoms with Crippen molar-refractivity contribution in [3.05, 3.63) is 177 Å². The first-order valence-electron chi connectivity index (χ1n) is 23.2. The average Bonchev–Trinajstić information content (AvgIpc) is 3.47. The maximum atomic E-state index is 12.5. The topological polar surface area (TPSA) is 202 Å². The van der Waals surface area contributed by atoms with Crippen LogP contribution in [0, 0.1) is 31.6 Å². The maximum absolute atomic E-state index is 12.5. The van der Waals surface area contributed by atoms with Gasteiger partial charge in [-0.05, 0) is 95.0 Å². The molecule has 0 aliphatic heterocycles. The second-order valence-electron chi connectivity index (χ2n) is 18.1. The Labute approximate surface area is 434 Å². The molecule has 0 amide bonds. The maximum Gasteiger partial charge on any atom is 0.201 e. The van der Waals surface area contributed by atoms with Gasteiger partial charge in [-0.25, -0.2) is 0 Å². The highest BCUT2D eigenvalue weighted by atomic mass is 16.3. The number of aliphatic hydroxyl groups excluding tert-OH is 3. The lowest BCUT2D eigenvalue weighted by molar-refractivity contribution is 0.322. The second-order valence-corrected chi connectivity index (χ2v) is 18.1. The summed E-state index contributed by atoms with van der Waals surface area (Å²) in [6.07, 6.45) is 10.9. The number of benzene rings is 9. The van der Waals surface area contributed by atoms with Gasteiger partial charge in [-0.2, -0.15) is 0 Å². The summed E-state index contributed by atoms with van der Waals surface area (Å²) >= 11 is 0. The SMILES string of the molecule is [B]C/C([B])=C(/O)C1=C(c2ccc(-c3ccccc3-c3ccc4c5ccccc5c5ccccc5c4c3)cc2)/C(=C(O)/C(O)=C(/[B])C#C)CC(c2c(O)c3c(C)c(O)c(O)c(O)c3c3c(O)c(O)c(O)c([B])c23)=C1C#C. The van der Waals surface area contributed by atoms with Crippen molar-refractivity contribution in [1.82, 2.24) is 0 Å². The van der Waals surface area contributed by atoms with E-state index in [1.165, 1.54) is 6.92 Å². The van der Waals surface area contributed by atoms with Crippen LogP contribution in [0.3, 0.4) is 0 Å². The number of terminal acetylenes is 2. The molecule has 75 heavy (non-hydrogen) atoms. The Morgan fingerprint density at radius 2 is 1.05 bits per heavy atom. The van der Waals surface area contributed by atoms with Crippen LogP contribution >= 0.6 is 0 Å². The van der Waals surface area contributed by atoms with Gasteiger partial charge in [0.05, 0.1) is 7.85 Å². The highest BCUT2D eigenvalue weighted by molar-refractivity contribution is 6.45. The number of hydrogen-bond acceptors (Lipinski definition) is 10. The number of aromatic hydroxyl groups is 7. The summed E-state index contributed by atoms with van der Waals surface area (Å²) in [6.45, 7) is 1.26. The number of phenolic OH excluding ortho intramolecular Hbond substituents is 7. The molecule has 1 aliphatic rings. The molecule has 14 heteroatoms. The van der Waals surface area contributed by atoms with E-state index in [1.807, 2.05) is 60.7 Å². The molecule has 0 atom stereocenters. The second kappa shape index (κ2) is 18.4. The highest BCUT2D eigenvalue weighted by Gasteiger charge is 2.37. The van der Waals surface area contributed by atoms with Gasteiger partial charge in [0.25, 0.3) is 0 Å². The minimum atomic E-state index is -1.15. The molecule has 10 rings (SSSR count). The van der Waals surface area contributed by atoms with E-state index in [2.05, 4.69) is 54.3 Å². The van der Waals surface area contributed by atoms with Crippen LogP contribution < -0.4 is 5.46 Å². The predicted octanol–water partition coefficient (Wildman–Crippen LogP) is 11.0. The zero-order chi connectivity index (χ0) is 53.5. The van der Waals surface area contributed by atoms with Crippen LogP contribution in [-0.2, 0) is 0 Å². The number of fused-ring (bicyclic) bond motifs is 9. The van der Waals surface area contributed by atoms with Crippen molar-refractivity contribution in [3.63, 3.8) is 0 Å². The van der Waals surface area contributed by atoms with Crippen molar-refractivity contribution in [1.29, 1.82) is 0 Å². The van der Waals surface area contributed by atoms with E-state index in [4.69, 9.17) is 44.2 Å². The van der Waals surface area contributed by atoms with Crippen LogP contribution in [0.1, 0.15) is 23.1 Å². The zero-order valence-corrected chi connectivity index (χ0v) is 39.8. The number of aryl methyl sites for hydroxylation is 1. The van der Waals surface area contributed by atoms with Gasteiger partial charge in [-0.3, -0.25) is 0 Å². The molecule has 8 radical (unpaired) electrons. The van der Waals surface area contributed by atoms with Gasteiger partial charge in [-0.1, -0.05) is 133 Å². The van der Waals surface area contributed by atoms with Crippen molar-refractivity contribution in [2.75, 3.05) is 0 Å². The average molecular weight is 974 g/mol. The smallest absolute Gasteiger partial charge is 0.201 e. The molecule has 10 N–H and O–H groups in total. The summed E-state index contributed by atoms with van der Waals surface area (Å²) < 4.78 is 0. The molecule has 9 aromatic carbocycles. The van der Waals surface area contributed by atoms with Crippen molar-refractivity contribution < 1.29 is 51.1 Å². The van der Waals surface area contributed by atoms with Crippen LogP contribution in [0.2, 0.25) is 6.32 Å². The first-order valence-corrected chi connectivity index (χ1v) is 23.2. The van der Waals surface area contributed by atoms with Gasteiger partial charge < -0.3 is 51.1 Å². The third kappa shape index (κ3) is 7.36. The van der Waals surface area contributed by atoms with E-state index in [0.717, 1.165) is 54.6 Å². The van der Waals surface area contributed by atoms with Crippen LogP contribution in [-0.4, -0.2) is 82.5 Å². The Bertz CT molecular complexity index is 4270. The van der Waals surface area contributed by atoms with Gasteiger partial charge in [0.1, 0.15) is 35.0 Å². The molecule has 0 aromatic heterocycles. The molecule has 1 aliphatic carbocycles. The van der Waals surface area contributed by atoms with Gasteiger partial charge in [0.15, 0.2) is 40.3 Å². The molecule has 0 unspecified atom stereocenters. The predicted molar refractivity (Wildman–Crippen MR) is 300 cm³/mol. The van der Waals surface area contributed by atoms with E-state index in [1.54, 1.807) is 12.1 Å². The Hall–Kier alpha value is -9.64. The minimum absolute atomic E-state index is 0.0276. The molecular weight excluding hydrogens is 936 g/mol. The number of aliphatic hydroxyl groups is 3. The number of hydrogen-bond donors (Lipinski definition) is 10. The first kappa shape index (κ1) is 49.0. The lowest BCUT2D eigenvalue weighted by atomic mass is 9.71. The van der Waals surface area contributed by atoms with E-state index in [0.29, 0.717) is 0 Å². The molecular formula is C61H38B4O10. The van der Waals surface area contributed by atoms with Crippen LogP contribution in [0.5, 0.6) is 40.2 Å². The Balaban J connectivity index is 1.26. The summed E-state index contributed by atoms with van der Waals surface area (Å²) in [7, 11) is 25.0. The Morgan fingerprint density at radius 1 is 0.560 bits per heavy atom. The van der Waals surface area contributed by atoms with Gasteiger partial charge >= 0.3 is 0 Å². The lowest BCUT2D eigenvalue weighted by Crippen LogP contribution is -2.15. The van der Waals surface area contributed by atoms with Crippen molar-refractivity contribution in [3.8, 4) is 87.2 Å². The van der Waals surface area contributed by atoms with Crippen LogP contribution in [0.25, 0.3) is 87.3 Å². The normalized spacial score (nSPS) is 14.3. The standard InChI is InChI=1S/C61H38B4O10/c1-4-31-40(47-48-50(58(72)61(75)59(73)51(48)65)49-44(56(47)70)27(3)52(66)60(74)57(49)71)25-41(53(67)55(69)42(63)5-2)45(46(31)54(68)43(64)26-62)29-20-18-28(19-21-29)32-12-6-7-13-33(32)30-22-23-38-36-16-9-8-14-34(36)35-15-10-11-17-37(35)39(38)24-30/h1-2,6-24,66-75H,25-26H2,3H3/b53-41-,54-43-,55-42-. The number of rotatable bonds is 7. The zero-order valence-electron chi connectivity index (χ0n) is 39.8. The third-order valence-corrected chi connectivity index (χ3v) is 14.2. The Morgan fingerprint density at radius 3 is 1.61 bits per heavy atom. The molecule has 0 saturated carbocycles. The molecule has 354 valence electrons. The first-order chi connectivity index (χ1) is 36.0. The van der Waals surface area contributed by atoms with Crippen molar-refractivity contribution in [2.45, 2.75) is 19.7 Å². The van der Waals surface area contributed by atoms with Gasteiger partial charge in [-0.15, -0.1) is 12.8 Å². The van der Waals surface area contributed by atoms with Crippen molar-refractivity contribution >= 4 is 102 Å². The fraction of sp³-hybridized carbons (Fsp3) is 0.0492. The molecule has 0 bridgehead atoms. The Kier molecular flexibility index (Phi) is 12.0. The lowest BCUT2D eigenvalue weighted by Gasteiger charge is -2.30. The minimum Gasteiger partial charge on any atom is -0.508 e. The summed E-state index contributed by atoms with van der Waals surface area (Å²) in [5, 5.41) is 120. The third-order valence-electron chi connectivity index (χ3n) is 14.2. The molecule has 0 heterocycles. The van der Waals surface area contributed by atoms with Crippen molar-refractivity contribution in [2.24, 2.45) is 0 Å². The molecule has 0 spiro atoms. The molecule has 10 nitrogen and oxygen atoms in total. The fourth-order valence-corrected chi connectivity index (χ4v) is 10.5. The summed E-state index contributed by atoms with van der Waals surface area (Å²) in [5.74, 6) is -5.09. The van der Waals surface area contributed by atoms with Crippen LogP contribution in [0.15, 0.2) is 160 Å². The van der Waals surface area contributed by atoms with E-state index >= 15 is 0 Å². The summed E-state index contributed by atoms with van der Waals surface area (Å²) in [5.41, 5.74) is 0.450. The highest BCUT2D eigenvalue weighted by Crippen LogP contribution is 2.58. The van der Waals surface area contributed by atoms with Gasteiger partial charge in [0.2, 0.25) is 5.75 Å². The van der Waals surface area contributed by atoms with Crippen LogP contribution in [0.4, 0.5) is 0 Å². The monoisotopic (exact) mass is 974 g/mol. The van der Waals surface area contributed by atoms with E-state index in [-0.39, 0.29) is 44.5 Å². The molecule has 0 fully saturated rings. The number of allylic oxidation sites excluding steroid dienone is 6.